The summed E-state index contributed by atoms with van der Waals surface area (Å²) in [7, 11) is 0. The average Bonchev–Trinajstić information content (AvgIpc) is 2.99. The second-order valence-electron chi connectivity index (χ2n) is 5.18. The Morgan fingerprint density at radius 3 is 2.75 bits per heavy atom. The van der Waals surface area contributed by atoms with Gasteiger partial charge in [0.2, 0.25) is 5.24 Å². The van der Waals surface area contributed by atoms with Gasteiger partial charge in [-0.15, -0.1) is 0 Å². The van der Waals surface area contributed by atoms with Gasteiger partial charge in [-0.05, 0) is 60.8 Å². The molecule has 0 aliphatic rings. The van der Waals surface area contributed by atoms with Crippen LogP contribution in [0.2, 0.25) is 5.02 Å². The molecule has 1 aromatic heterocycles. The monoisotopic (exact) mass is 369 g/mol. The summed E-state index contributed by atoms with van der Waals surface area (Å²) in [6.07, 6.45) is 0.708. The molecule has 0 unspecified atom stereocenters. The van der Waals surface area contributed by atoms with Crippen LogP contribution in [0.4, 0.5) is 0 Å². The fraction of sp³-hybridized carbons (Fsp3) is 0.294. The van der Waals surface area contributed by atoms with Crippen LogP contribution in [0.1, 0.15) is 34.7 Å². The van der Waals surface area contributed by atoms with Crippen LogP contribution in [0.5, 0.6) is 5.75 Å². The third-order valence-electron chi connectivity index (χ3n) is 3.23. The minimum Gasteiger partial charge on any atom is -0.485 e. The predicted octanol–water partition coefficient (Wildman–Crippen LogP) is 4.10. The van der Waals surface area contributed by atoms with E-state index in [4.69, 9.17) is 32.4 Å². The van der Waals surface area contributed by atoms with Gasteiger partial charge in [0.15, 0.2) is 5.76 Å². The number of hydrogen-bond donors (Lipinski definition) is 1. The molecule has 0 radical (unpaired) electrons. The summed E-state index contributed by atoms with van der Waals surface area (Å²) in [5.74, 6) is 1.09. The van der Waals surface area contributed by atoms with E-state index in [9.17, 15) is 9.59 Å². The largest absolute Gasteiger partial charge is 0.485 e. The number of hydrogen-bond acceptors (Lipinski definition) is 4. The number of aryl methyl sites for hydroxylation is 1. The first-order chi connectivity index (χ1) is 11.5. The Bertz CT molecular complexity index is 727. The van der Waals surface area contributed by atoms with Crippen molar-refractivity contribution in [3.05, 3.63) is 52.4 Å². The molecule has 128 valence electrons. The van der Waals surface area contributed by atoms with E-state index in [0.717, 1.165) is 5.56 Å². The molecule has 1 heterocycles. The summed E-state index contributed by atoms with van der Waals surface area (Å²) in [5, 5.41) is 2.89. The number of benzene rings is 1. The highest BCUT2D eigenvalue weighted by molar-refractivity contribution is 6.63. The topological polar surface area (TPSA) is 68.5 Å². The van der Waals surface area contributed by atoms with Crippen LogP contribution in [0.25, 0.3) is 0 Å². The summed E-state index contributed by atoms with van der Waals surface area (Å²) in [5.41, 5.74) is 0.917. The molecule has 0 aliphatic carbocycles. The number of rotatable bonds is 8. The first-order valence-corrected chi connectivity index (χ1v) is 8.15. The average molecular weight is 370 g/mol. The molecule has 0 saturated carbocycles. The minimum absolute atomic E-state index is 0.193. The molecule has 7 heteroatoms. The zero-order valence-electron chi connectivity index (χ0n) is 13.1. The second-order valence-corrected chi connectivity index (χ2v) is 6.04. The quantitative estimate of drug-likeness (QED) is 0.561. The van der Waals surface area contributed by atoms with Gasteiger partial charge in [0.05, 0.1) is 0 Å². The van der Waals surface area contributed by atoms with Gasteiger partial charge >= 0.3 is 0 Å². The van der Waals surface area contributed by atoms with E-state index in [1.165, 1.54) is 0 Å². The molecule has 1 amide bonds. The third kappa shape index (κ3) is 5.58. The van der Waals surface area contributed by atoms with Crippen LogP contribution in [0, 0.1) is 6.92 Å². The van der Waals surface area contributed by atoms with E-state index >= 15 is 0 Å². The van der Waals surface area contributed by atoms with Crippen molar-refractivity contribution < 1.29 is 18.7 Å². The van der Waals surface area contributed by atoms with Crippen molar-refractivity contribution in [1.82, 2.24) is 5.32 Å². The molecule has 2 aromatic rings. The zero-order chi connectivity index (χ0) is 17.5. The standard InChI is InChI=1S/C17H17Cl2NO4/c1-11-9-12(18)4-6-14(11)23-10-13-5-7-15(24-13)17(22)20-8-2-3-16(19)21/h4-7,9H,2-3,8,10H2,1H3,(H,20,22). The Kier molecular flexibility index (Phi) is 6.70. The fourth-order valence-electron chi connectivity index (χ4n) is 2.02. The number of carbonyl (C=O) groups excluding carboxylic acids is 2. The van der Waals surface area contributed by atoms with E-state index in [-0.39, 0.29) is 24.7 Å². The molecule has 0 saturated heterocycles. The molecule has 2 rings (SSSR count). The van der Waals surface area contributed by atoms with Gasteiger partial charge in [0.1, 0.15) is 18.1 Å². The summed E-state index contributed by atoms with van der Waals surface area (Å²) in [6, 6.07) is 8.60. The lowest BCUT2D eigenvalue weighted by atomic mass is 10.2. The zero-order valence-corrected chi connectivity index (χ0v) is 14.6. The Balaban J connectivity index is 1.84. The molecule has 0 bridgehead atoms. The van der Waals surface area contributed by atoms with Crippen LogP contribution in [-0.2, 0) is 11.4 Å². The Hall–Kier alpha value is -1.98. The van der Waals surface area contributed by atoms with Crippen LogP contribution < -0.4 is 10.1 Å². The van der Waals surface area contributed by atoms with Crippen molar-refractivity contribution in [2.24, 2.45) is 0 Å². The Morgan fingerprint density at radius 1 is 1.25 bits per heavy atom. The molecule has 5 nitrogen and oxygen atoms in total. The molecule has 24 heavy (non-hydrogen) atoms. The van der Waals surface area contributed by atoms with Crippen molar-refractivity contribution >= 4 is 34.4 Å². The van der Waals surface area contributed by atoms with E-state index in [0.29, 0.717) is 29.5 Å². The molecule has 0 fully saturated rings. The Labute approximate surface area is 149 Å². The highest BCUT2D eigenvalue weighted by Gasteiger charge is 2.11. The first-order valence-electron chi connectivity index (χ1n) is 7.40. The number of halogens is 2. The molecular formula is C17H17Cl2NO4. The van der Waals surface area contributed by atoms with E-state index in [1.807, 2.05) is 13.0 Å². The maximum absolute atomic E-state index is 11.9. The lowest BCUT2D eigenvalue weighted by molar-refractivity contribution is -0.111. The molecule has 1 N–H and O–H groups in total. The summed E-state index contributed by atoms with van der Waals surface area (Å²) in [6.45, 7) is 2.46. The highest BCUT2D eigenvalue weighted by Crippen LogP contribution is 2.23. The van der Waals surface area contributed by atoms with Gasteiger partial charge in [-0.3, -0.25) is 9.59 Å². The van der Waals surface area contributed by atoms with Crippen LogP contribution >= 0.6 is 23.2 Å². The van der Waals surface area contributed by atoms with E-state index in [2.05, 4.69) is 5.32 Å². The summed E-state index contributed by atoms with van der Waals surface area (Å²) < 4.78 is 11.1. The van der Waals surface area contributed by atoms with Crippen LogP contribution in [-0.4, -0.2) is 17.7 Å². The number of ether oxygens (including phenoxy) is 1. The number of carbonyl (C=O) groups is 2. The van der Waals surface area contributed by atoms with Crippen molar-refractivity contribution in [2.75, 3.05) is 6.54 Å². The fourth-order valence-corrected chi connectivity index (χ4v) is 2.38. The van der Waals surface area contributed by atoms with Gasteiger partial charge in [-0.25, -0.2) is 0 Å². The Morgan fingerprint density at radius 2 is 2.04 bits per heavy atom. The molecule has 0 atom stereocenters. The SMILES string of the molecule is Cc1cc(Cl)ccc1OCc1ccc(C(=O)NCCCC(=O)Cl)o1. The first kappa shape index (κ1) is 18.4. The lowest BCUT2D eigenvalue weighted by Gasteiger charge is -2.07. The van der Waals surface area contributed by atoms with E-state index in [1.54, 1.807) is 24.3 Å². The highest BCUT2D eigenvalue weighted by atomic mass is 35.5. The van der Waals surface area contributed by atoms with Crippen LogP contribution in [0.15, 0.2) is 34.7 Å². The number of amides is 1. The van der Waals surface area contributed by atoms with Gasteiger partial charge in [0, 0.05) is 18.0 Å². The maximum atomic E-state index is 11.9. The normalized spacial score (nSPS) is 10.5. The second kappa shape index (κ2) is 8.76. The molecule has 1 aromatic carbocycles. The maximum Gasteiger partial charge on any atom is 0.286 e. The predicted molar refractivity (Wildman–Crippen MR) is 91.7 cm³/mol. The van der Waals surface area contributed by atoms with Crippen molar-refractivity contribution in [2.45, 2.75) is 26.4 Å². The number of nitrogens with one attached hydrogen (secondary N) is 1. The van der Waals surface area contributed by atoms with Gasteiger partial charge in [-0.2, -0.15) is 0 Å². The third-order valence-corrected chi connectivity index (χ3v) is 3.65. The van der Waals surface area contributed by atoms with Gasteiger partial charge in [0.25, 0.3) is 5.91 Å². The molecule has 0 aliphatic heterocycles. The van der Waals surface area contributed by atoms with Crippen molar-refractivity contribution in [3.8, 4) is 5.75 Å². The molecular weight excluding hydrogens is 353 g/mol. The molecule has 0 spiro atoms. The minimum atomic E-state index is -0.417. The lowest BCUT2D eigenvalue weighted by Crippen LogP contribution is -2.24. The van der Waals surface area contributed by atoms with Crippen molar-refractivity contribution in [3.63, 3.8) is 0 Å². The smallest absolute Gasteiger partial charge is 0.286 e. The van der Waals surface area contributed by atoms with Gasteiger partial charge in [-0.1, -0.05) is 11.6 Å². The van der Waals surface area contributed by atoms with Crippen LogP contribution in [0.3, 0.4) is 0 Å². The van der Waals surface area contributed by atoms with Gasteiger partial charge < -0.3 is 14.5 Å². The summed E-state index contributed by atoms with van der Waals surface area (Å²) in [4.78, 5) is 22.5. The van der Waals surface area contributed by atoms with E-state index < -0.39 is 5.24 Å². The van der Waals surface area contributed by atoms with Crippen molar-refractivity contribution in [1.29, 1.82) is 0 Å². The summed E-state index contributed by atoms with van der Waals surface area (Å²) >= 11 is 11.1. The number of furan rings is 1.